The Morgan fingerprint density at radius 2 is 1.94 bits per heavy atom. The van der Waals surface area contributed by atoms with Crippen LogP contribution in [0.3, 0.4) is 0 Å². The third kappa shape index (κ3) is 2.00. The quantitative estimate of drug-likeness (QED) is 0.594. The van der Waals surface area contributed by atoms with Gasteiger partial charge in [-0.25, -0.2) is 13.4 Å². The van der Waals surface area contributed by atoms with Crippen molar-refractivity contribution in [1.82, 2.24) is 4.98 Å². The smallest absolute Gasteiger partial charge is 0.244 e. The van der Waals surface area contributed by atoms with E-state index in [4.69, 9.17) is 22.3 Å². The van der Waals surface area contributed by atoms with Gasteiger partial charge >= 0.3 is 0 Å². The lowest BCUT2D eigenvalue weighted by molar-refractivity contribution is 0.609. The molecule has 0 aliphatic heterocycles. The number of benzene rings is 1. The molecular formula is C10H7Cl2NO2S. The largest absolute Gasteiger partial charge is 0.261 e. The van der Waals surface area contributed by atoms with Gasteiger partial charge < -0.3 is 0 Å². The number of rotatable bonds is 1. The van der Waals surface area contributed by atoms with Crippen molar-refractivity contribution >= 4 is 42.1 Å². The zero-order valence-corrected chi connectivity index (χ0v) is 10.6. The average Bonchev–Trinajstić information content (AvgIpc) is 2.22. The minimum absolute atomic E-state index is 0.0621. The number of hydrogen-bond donors (Lipinski definition) is 0. The second-order valence-electron chi connectivity index (χ2n) is 3.38. The minimum atomic E-state index is -3.72. The summed E-state index contributed by atoms with van der Waals surface area (Å²) < 4.78 is 22.4. The van der Waals surface area contributed by atoms with E-state index < -0.39 is 9.05 Å². The molecule has 3 nitrogen and oxygen atoms in total. The normalized spacial score (nSPS) is 11.9. The Hall–Kier alpha value is -0.840. The van der Waals surface area contributed by atoms with Crippen LogP contribution in [0.4, 0.5) is 0 Å². The van der Waals surface area contributed by atoms with E-state index in [9.17, 15) is 8.42 Å². The standard InChI is InChI=1S/C10H7Cl2NO2S/c1-6-5-13-10(11)8-3-2-7(4-9(6)8)16(12,14)15/h2-5H,1H3. The minimum Gasteiger partial charge on any atom is -0.244 e. The number of pyridine rings is 1. The van der Waals surface area contributed by atoms with Crippen LogP contribution < -0.4 is 0 Å². The fraction of sp³-hybridized carbons (Fsp3) is 0.100. The van der Waals surface area contributed by atoms with Gasteiger partial charge in [0.1, 0.15) is 5.15 Å². The first-order chi connectivity index (χ1) is 7.39. The van der Waals surface area contributed by atoms with Crippen molar-refractivity contribution in [3.05, 3.63) is 35.1 Å². The molecule has 0 amide bonds. The van der Waals surface area contributed by atoms with Crippen molar-refractivity contribution in [2.75, 3.05) is 0 Å². The lowest BCUT2D eigenvalue weighted by Gasteiger charge is -2.04. The fourth-order valence-corrected chi connectivity index (χ4v) is 2.46. The molecule has 0 aliphatic rings. The second-order valence-corrected chi connectivity index (χ2v) is 6.30. The van der Waals surface area contributed by atoms with Crippen LogP contribution >= 0.6 is 22.3 Å². The molecule has 1 aromatic carbocycles. The van der Waals surface area contributed by atoms with E-state index in [1.807, 2.05) is 6.92 Å². The number of aryl methyl sites for hydroxylation is 1. The topological polar surface area (TPSA) is 47.0 Å². The lowest BCUT2D eigenvalue weighted by atomic mass is 10.1. The van der Waals surface area contributed by atoms with Crippen LogP contribution in [0.25, 0.3) is 10.8 Å². The van der Waals surface area contributed by atoms with Gasteiger partial charge in [-0.1, -0.05) is 11.6 Å². The molecule has 0 spiro atoms. The predicted octanol–water partition coefficient (Wildman–Crippen LogP) is 3.12. The summed E-state index contributed by atoms with van der Waals surface area (Å²) in [5, 5.41) is 1.80. The highest BCUT2D eigenvalue weighted by atomic mass is 35.7. The third-order valence-electron chi connectivity index (χ3n) is 2.29. The van der Waals surface area contributed by atoms with Crippen molar-refractivity contribution in [1.29, 1.82) is 0 Å². The molecule has 0 aliphatic carbocycles. The van der Waals surface area contributed by atoms with Gasteiger partial charge in [-0.2, -0.15) is 0 Å². The van der Waals surface area contributed by atoms with Crippen LogP contribution in [-0.4, -0.2) is 13.4 Å². The molecule has 6 heteroatoms. The molecule has 0 N–H and O–H groups in total. The van der Waals surface area contributed by atoms with E-state index in [0.717, 1.165) is 10.9 Å². The maximum atomic E-state index is 11.2. The first-order valence-electron chi connectivity index (χ1n) is 4.39. The molecule has 2 rings (SSSR count). The Morgan fingerprint density at radius 1 is 1.25 bits per heavy atom. The number of halogens is 2. The van der Waals surface area contributed by atoms with E-state index in [2.05, 4.69) is 4.98 Å². The molecule has 0 saturated heterocycles. The first-order valence-corrected chi connectivity index (χ1v) is 7.08. The highest BCUT2D eigenvalue weighted by Gasteiger charge is 2.12. The molecule has 0 bridgehead atoms. The predicted molar refractivity (Wildman–Crippen MR) is 64.5 cm³/mol. The van der Waals surface area contributed by atoms with Crippen LogP contribution in [0.5, 0.6) is 0 Å². The van der Waals surface area contributed by atoms with Gasteiger partial charge in [0, 0.05) is 22.3 Å². The average molecular weight is 276 g/mol. The Bertz CT molecular complexity index is 668. The van der Waals surface area contributed by atoms with Gasteiger partial charge in [0.05, 0.1) is 4.90 Å². The Morgan fingerprint density at radius 3 is 2.56 bits per heavy atom. The molecule has 0 unspecified atom stereocenters. The molecule has 0 saturated carbocycles. The summed E-state index contributed by atoms with van der Waals surface area (Å²) in [5.74, 6) is 0. The van der Waals surface area contributed by atoms with E-state index in [1.54, 1.807) is 12.3 Å². The van der Waals surface area contributed by atoms with Crippen LogP contribution in [-0.2, 0) is 9.05 Å². The molecule has 16 heavy (non-hydrogen) atoms. The summed E-state index contributed by atoms with van der Waals surface area (Å²) in [5.41, 5.74) is 0.849. The highest BCUT2D eigenvalue weighted by molar-refractivity contribution is 8.13. The van der Waals surface area contributed by atoms with Crippen LogP contribution in [0.1, 0.15) is 5.56 Å². The molecule has 0 radical (unpaired) electrons. The summed E-state index contributed by atoms with van der Waals surface area (Å²) >= 11 is 5.90. The van der Waals surface area contributed by atoms with Crippen LogP contribution in [0.15, 0.2) is 29.3 Å². The van der Waals surface area contributed by atoms with E-state index in [-0.39, 0.29) is 4.90 Å². The van der Waals surface area contributed by atoms with Gasteiger partial charge in [-0.3, -0.25) is 0 Å². The van der Waals surface area contributed by atoms with Gasteiger partial charge in [-0.15, -0.1) is 0 Å². The van der Waals surface area contributed by atoms with E-state index >= 15 is 0 Å². The molecule has 0 fully saturated rings. The number of nitrogens with zero attached hydrogens (tertiary/aromatic N) is 1. The Balaban J connectivity index is 2.86. The summed E-state index contributed by atoms with van der Waals surface area (Å²) in [6, 6.07) is 4.52. The van der Waals surface area contributed by atoms with Crippen molar-refractivity contribution in [2.24, 2.45) is 0 Å². The van der Waals surface area contributed by atoms with E-state index in [1.165, 1.54) is 12.1 Å². The first kappa shape index (κ1) is 11.6. The molecule has 0 atom stereocenters. The fourth-order valence-electron chi connectivity index (χ4n) is 1.47. The third-order valence-corrected chi connectivity index (χ3v) is 3.94. The summed E-state index contributed by atoms with van der Waals surface area (Å²) in [6.07, 6.45) is 1.59. The van der Waals surface area contributed by atoms with Crippen molar-refractivity contribution in [3.63, 3.8) is 0 Å². The molecule has 1 heterocycles. The second kappa shape index (κ2) is 3.87. The zero-order chi connectivity index (χ0) is 11.9. The molecule has 2 aromatic rings. The van der Waals surface area contributed by atoms with Gasteiger partial charge in [0.25, 0.3) is 9.05 Å². The van der Waals surface area contributed by atoms with Crippen molar-refractivity contribution < 1.29 is 8.42 Å². The maximum absolute atomic E-state index is 11.2. The van der Waals surface area contributed by atoms with Crippen LogP contribution in [0, 0.1) is 6.92 Å². The van der Waals surface area contributed by atoms with Crippen LogP contribution in [0.2, 0.25) is 5.15 Å². The number of hydrogen-bond acceptors (Lipinski definition) is 3. The van der Waals surface area contributed by atoms with Crippen molar-refractivity contribution in [3.8, 4) is 0 Å². The Labute approximate surface area is 102 Å². The van der Waals surface area contributed by atoms with Gasteiger partial charge in [-0.05, 0) is 36.1 Å². The molecule has 1 aromatic heterocycles. The monoisotopic (exact) mass is 275 g/mol. The summed E-state index contributed by atoms with van der Waals surface area (Å²) in [4.78, 5) is 4.04. The molecular weight excluding hydrogens is 269 g/mol. The van der Waals surface area contributed by atoms with Gasteiger partial charge in [0.2, 0.25) is 0 Å². The number of aromatic nitrogens is 1. The highest BCUT2D eigenvalue weighted by Crippen LogP contribution is 2.27. The zero-order valence-electron chi connectivity index (χ0n) is 8.24. The Kier molecular flexibility index (Phi) is 2.82. The maximum Gasteiger partial charge on any atom is 0.261 e. The van der Waals surface area contributed by atoms with E-state index in [0.29, 0.717) is 10.5 Å². The summed E-state index contributed by atoms with van der Waals surface area (Å²) in [6.45, 7) is 1.83. The summed E-state index contributed by atoms with van der Waals surface area (Å²) in [7, 11) is 1.56. The van der Waals surface area contributed by atoms with Gasteiger partial charge in [0.15, 0.2) is 0 Å². The molecule has 84 valence electrons. The lowest BCUT2D eigenvalue weighted by Crippen LogP contribution is -1.92. The SMILES string of the molecule is Cc1cnc(Cl)c2ccc(S(=O)(=O)Cl)cc12. The van der Waals surface area contributed by atoms with Crippen molar-refractivity contribution in [2.45, 2.75) is 11.8 Å². The number of fused-ring (bicyclic) bond motifs is 1.